The SMILES string of the molecule is CN(CCOc1ccccc1F)C(=O)CNC(=O)Cc1ccccc1. The number of benzene rings is 2. The molecule has 1 N–H and O–H groups in total. The molecule has 6 heteroatoms. The lowest BCUT2D eigenvalue weighted by Gasteiger charge is -2.18. The number of hydrogen-bond donors (Lipinski definition) is 1. The van der Waals surface area contributed by atoms with Gasteiger partial charge < -0.3 is 15.0 Å². The minimum Gasteiger partial charge on any atom is -0.489 e. The van der Waals surface area contributed by atoms with Gasteiger partial charge in [0.2, 0.25) is 11.8 Å². The molecule has 2 rings (SSSR count). The number of nitrogens with one attached hydrogen (secondary N) is 1. The van der Waals surface area contributed by atoms with Crippen LogP contribution in [0.4, 0.5) is 4.39 Å². The fraction of sp³-hybridized carbons (Fsp3) is 0.263. The molecule has 0 aromatic heterocycles. The van der Waals surface area contributed by atoms with Gasteiger partial charge in [-0.25, -0.2) is 4.39 Å². The normalized spacial score (nSPS) is 10.2. The molecule has 0 radical (unpaired) electrons. The highest BCUT2D eigenvalue weighted by atomic mass is 19.1. The van der Waals surface area contributed by atoms with Crippen molar-refractivity contribution in [1.82, 2.24) is 10.2 Å². The zero-order valence-electron chi connectivity index (χ0n) is 14.1. The molecule has 0 saturated heterocycles. The van der Waals surface area contributed by atoms with Crippen molar-refractivity contribution in [2.45, 2.75) is 6.42 Å². The highest BCUT2D eigenvalue weighted by molar-refractivity contribution is 5.85. The molecule has 0 atom stereocenters. The lowest BCUT2D eigenvalue weighted by atomic mass is 10.1. The Bertz CT molecular complexity index is 707. The second-order valence-corrected chi connectivity index (χ2v) is 5.53. The Kier molecular flexibility index (Phi) is 6.95. The van der Waals surface area contributed by atoms with Gasteiger partial charge in [-0.05, 0) is 17.7 Å². The average molecular weight is 344 g/mol. The number of rotatable bonds is 8. The van der Waals surface area contributed by atoms with Crippen molar-refractivity contribution in [2.75, 3.05) is 26.7 Å². The first-order valence-corrected chi connectivity index (χ1v) is 7.98. The second kappa shape index (κ2) is 9.42. The topological polar surface area (TPSA) is 58.6 Å². The minimum absolute atomic E-state index is 0.0815. The summed E-state index contributed by atoms with van der Waals surface area (Å²) in [5.74, 6) is -0.738. The van der Waals surface area contributed by atoms with Crippen LogP contribution < -0.4 is 10.1 Å². The third-order valence-corrected chi connectivity index (χ3v) is 3.59. The zero-order valence-corrected chi connectivity index (χ0v) is 14.1. The van der Waals surface area contributed by atoms with Crippen molar-refractivity contribution in [2.24, 2.45) is 0 Å². The van der Waals surface area contributed by atoms with Crippen molar-refractivity contribution in [3.8, 4) is 5.75 Å². The Morgan fingerprint density at radius 3 is 2.48 bits per heavy atom. The van der Waals surface area contributed by atoms with Crippen LogP contribution in [0.1, 0.15) is 5.56 Å². The van der Waals surface area contributed by atoms with Crippen molar-refractivity contribution < 1.29 is 18.7 Å². The molecule has 0 bridgehead atoms. The Labute approximate surface area is 146 Å². The summed E-state index contributed by atoms with van der Waals surface area (Å²) in [5.41, 5.74) is 0.888. The number of likely N-dealkylation sites (N-methyl/N-ethyl adjacent to an activating group) is 1. The van der Waals surface area contributed by atoms with Crippen LogP contribution in [0.15, 0.2) is 54.6 Å². The largest absolute Gasteiger partial charge is 0.489 e. The molecule has 2 aromatic rings. The molecule has 0 spiro atoms. The predicted molar refractivity (Wildman–Crippen MR) is 92.7 cm³/mol. The standard InChI is InChI=1S/C19H21FN2O3/c1-22(11-12-25-17-10-6-5-9-16(17)20)19(24)14-21-18(23)13-15-7-3-2-4-8-15/h2-10H,11-14H2,1H3,(H,21,23). The maximum atomic E-state index is 13.4. The number of amides is 2. The Morgan fingerprint density at radius 1 is 1.08 bits per heavy atom. The summed E-state index contributed by atoms with van der Waals surface area (Å²) in [4.78, 5) is 25.3. The summed E-state index contributed by atoms with van der Waals surface area (Å²) in [6.45, 7) is 0.380. The maximum Gasteiger partial charge on any atom is 0.241 e. The number of ether oxygens (including phenoxy) is 1. The fourth-order valence-electron chi connectivity index (χ4n) is 2.13. The number of nitrogens with zero attached hydrogens (tertiary/aromatic N) is 1. The van der Waals surface area contributed by atoms with E-state index in [4.69, 9.17) is 4.74 Å². The number of halogens is 1. The first-order valence-electron chi connectivity index (χ1n) is 7.98. The van der Waals surface area contributed by atoms with Crippen LogP contribution in [0, 0.1) is 5.82 Å². The van der Waals surface area contributed by atoms with E-state index in [2.05, 4.69) is 5.32 Å². The molecule has 2 aromatic carbocycles. The average Bonchev–Trinajstić information content (AvgIpc) is 2.62. The highest BCUT2D eigenvalue weighted by Gasteiger charge is 2.11. The van der Waals surface area contributed by atoms with E-state index in [9.17, 15) is 14.0 Å². The molecule has 132 valence electrons. The van der Waals surface area contributed by atoms with Crippen LogP contribution in [0.3, 0.4) is 0 Å². The van der Waals surface area contributed by atoms with Gasteiger partial charge in [-0.2, -0.15) is 0 Å². The van der Waals surface area contributed by atoms with E-state index in [0.29, 0.717) is 6.54 Å². The fourth-order valence-corrected chi connectivity index (χ4v) is 2.13. The van der Waals surface area contributed by atoms with E-state index in [1.807, 2.05) is 30.3 Å². The van der Waals surface area contributed by atoms with Crippen LogP contribution in [0.25, 0.3) is 0 Å². The van der Waals surface area contributed by atoms with Crippen LogP contribution >= 0.6 is 0 Å². The number of para-hydroxylation sites is 1. The first kappa shape index (κ1) is 18.4. The van der Waals surface area contributed by atoms with E-state index in [1.165, 1.54) is 17.0 Å². The highest BCUT2D eigenvalue weighted by Crippen LogP contribution is 2.14. The maximum absolute atomic E-state index is 13.4. The molecule has 0 unspecified atom stereocenters. The van der Waals surface area contributed by atoms with E-state index in [0.717, 1.165) is 5.56 Å². The van der Waals surface area contributed by atoms with E-state index in [-0.39, 0.29) is 37.1 Å². The molecule has 0 aliphatic rings. The lowest BCUT2D eigenvalue weighted by molar-refractivity contribution is -0.131. The van der Waals surface area contributed by atoms with Crippen LogP contribution in [-0.2, 0) is 16.0 Å². The van der Waals surface area contributed by atoms with Gasteiger partial charge in [0.1, 0.15) is 6.61 Å². The monoisotopic (exact) mass is 344 g/mol. The second-order valence-electron chi connectivity index (χ2n) is 5.53. The van der Waals surface area contributed by atoms with Gasteiger partial charge in [-0.3, -0.25) is 9.59 Å². The molecule has 0 heterocycles. The van der Waals surface area contributed by atoms with Gasteiger partial charge in [0.05, 0.1) is 19.5 Å². The van der Waals surface area contributed by atoms with Gasteiger partial charge in [-0.15, -0.1) is 0 Å². The minimum atomic E-state index is -0.440. The molecule has 0 fully saturated rings. The molecule has 0 saturated carbocycles. The van der Waals surface area contributed by atoms with Crippen molar-refractivity contribution in [3.63, 3.8) is 0 Å². The Morgan fingerprint density at radius 2 is 1.76 bits per heavy atom. The molecule has 0 aliphatic carbocycles. The van der Waals surface area contributed by atoms with Crippen molar-refractivity contribution in [3.05, 3.63) is 66.0 Å². The van der Waals surface area contributed by atoms with Gasteiger partial charge >= 0.3 is 0 Å². The summed E-state index contributed by atoms with van der Waals surface area (Å²) < 4.78 is 18.7. The predicted octanol–water partition coefficient (Wildman–Crippen LogP) is 2.02. The number of carbonyl (C=O) groups is 2. The quantitative estimate of drug-likeness (QED) is 0.797. The van der Waals surface area contributed by atoms with Gasteiger partial charge in [0.15, 0.2) is 11.6 Å². The Balaban J connectivity index is 1.68. The van der Waals surface area contributed by atoms with Gasteiger partial charge in [0, 0.05) is 7.05 Å². The number of hydrogen-bond acceptors (Lipinski definition) is 3. The molecule has 5 nitrogen and oxygen atoms in total. The summed E-state index contributed by atoms with van der Waals surface area (Å²) in [6.07, 6.45) is 0.230. The molecule has 2 amide bonds. The third kappa shape index (κ3) is 6.25. The van der Waals surface area contributed by atoms with E-state index < -0.39 is 5.82 Å². The summed E-state index contributed by atoms with van der Waals surface area (Å²) >= 11 is 0. The Hall–Kier alpha value is -2.89. The zero-order chi connectivity index (χ0) is 18.1. The molecular weight excluding hydrogens is 323 g/mol. The summed E-state index contributed by atoms with van der Waals surface area (Å²) in [6, 6.07) is 15.4. The van der Waals surface area contributed by atoms with Crippen LogP contribution in [0.5, 0.6) is 5.75 Å². The van der Waals surface area contributed by atoms with Gasteiger partial charge in [0.25, 0.3) is 0 Å². The van der Waals surface area contributed by atoms with Crippen molar-refractivity contribution >= 4 is 11.8 Å². The summed E-state index contributed by atoms with van der Waals surface area (Å²) in [7, 11) is 1.61. The lowest BCUT2D eigenvalue weighted by Crippen LogP contribution is -2.40. The van der Waals surface area contributed by atoms with Crippen LogP contribution in [-0.4, -0.2) is 43.5 Å². The molecular formula is C19H21FN2O3. The van der Waals surface area contributed by atoms with E-state index >= 15 is 0 Å². The van der Waals surface area contributed by atoms with Crippen LogP contribution in [0.2, 0.25) is 0 Å². The molecule has 25 heavy (non-hydrogen) atoms. The summed E-state index contributed by atoms with van der Waals surface area (Å²) in [5, 5.41) is 2.60. The number of carbonyl (C=O) groups excluding carboxylic acids is 2. The first-order chi connectivity index (χ1) is 12.1. The third-order valence-electron chi connectivity index (χ3n) is 3.59. The van der Waals surface area contributed by atoms with Gasteiger partial charge in [-0.1, -0.05) is 42.5 Å². The molecule has 0 aliphatic heterocycles. The smallest absolute Gasteiger partial charge is 0.241 e. The van der Waals surface area contributed by atoms with Crippen molar-refractivity contribution in [1.29, 1.82) is 0 Å². The van der Waals surface area contributed by atoms with E-state index in [1.54, 1.807) is 19.2 Å².